The number of urea groups is 1. The first-order valence-electron chi connectivity index (χ1n) is 12.3. The molecule has 0 aromatic carbocycles. The molecule has 0 saturated carbocycles. The Kier molecular flexibility index (Phi) is 3.36. The number of nitrogens with two attached hydrogens (primary N) is 1. The predicted molar refractivity (Wildman–Crippen MR) is 106 cm³/mol. The highest BCUT2D eigenvalue weighted by molar-refractivity contribution is 7.19. The molecule has 3 amide bonds. The van der Waals surface area contributed by atoms with Crippen LogP contribution in [-0.4, -0.2) is 56.0 Å². The van der Waals surface area contributed by atoms with Gasteiger partial charge in [-0.1, -0.05) is 25.0 Å². The third-order valence-corrected chi connectivity index (χ3v) is 5.34. The van der Waals surface area contributed by atoms with Crippen molar-refractivity contribution in [1.82, 2.24) is 19.9 Å². The van der Waals surface area contributed by atoms with E-state index in [9.17, 15) is 14.7 Å². The predicted octanol–water partition coefficient (Wildman–Crippen LogP) is 1.66. The lowest BCUT2D eigenvalue weighted by molar-refractivity contribution is -0.121. The Morgan fingerprint density at radius 1 is 1.54 bits per heavy atom. The molecular formula is C18H24N6O3S. The third-order valence-electron chi connectivity index (χ3n) is 4.24. The van der Waals surface area contributed by atoms with Crippen molar-refractivity contribution in [2.75, 3.05) is 18.4 Å². The van der Waals surface area contributed by atoms with Crippen LogP contribution in [0, 0.1) is 6.92 Å². The standard InChI is InChI=1S/C18H24N6O3S/c1-10-13(11-6-7-20-15(22-11)18(2,3)9-25)28-16(21-10)23-17(27)24-8-4-5-12(24)14(19)26/h6-7,12,25H,4-5,8-9H2,1-3H3,(H2,19,26)(H,21,23,27)/t12-/m0/s1/i2D3,3D3,9D2. The molecule has 10 heteroatoms. The number of hydrogen-bond acceptors (Lipinski definition) is 7. The van der Waals surface area contributed by atoms with Gasteiger partial charge in [-0.25, -0.2) is 19.7 Å². The SMILES string of the molecule is [2H]C([2H])([2H])C(c1nccc(-c2sc(NC(=O)N3CCC[C@H]3C(N)=O)nc2C)n1)(C([2H])([2H])[2H])C([2H])([2H])O. The Bertz CT molecular complexity index is 1130. The lowest BCUT2D eigenvalue weighted by Gasteiger charge is -2.21. The minimum atomic E-state index is -3.75. The van der Waals surface area contributed by atoms with Gasteiger partial charge in [0.25, 0.3) is 0 Å². The van der Waals surface area contributed by atoms with Gasteiger partial charge in [-0.15, -0.1) is 0 Å². The molecule has 9 nitrogen and oxygen atoms in total. The summed E-state index contributed by atoms with van der Waals surface area (Å²) in [6.45, 7) is -8.98. The molecule has 28 heavy (non-hydrogen) atoms. The molecule has 0 aliphatic carbocycles. The molecule has 4 N–H and O–H groups in total. The number of likely N-dealkylation sites (tertiary alicyclic amines) is 1. The molecule has 2 aromatic heterocycles. The lowest BCUT2D eigenvalue weighted by atomic mass is 9.94. The van der Waals surface area contributed by atoms with Crippen LogP contribution in [0.3, 0.4) is 0 Å². The van der Waals surface area contributed by atoms with Crippen LogP contribution < -0.4 is 11.1 Å². The molecule has 0 unspecified atom stereocenters. The number of carbonyl (C=O) groups excluding carboxylic acids is 2. The van der Waals surface area contributed by atoms with Crippen LogP contribution in [-0.2, 0) is 10.2 Å². The molecular weight excluding hydrogens is 380 g/mol. The zero-order chi connectivity index (χ0) is 27.3. The minimum Gasteiger partial charge on any atom is -0.395 e. The number of carbonyl (C=O) groups is 2. The summed E-state index contributed by atoms with van der Waals surface area (Å²) < 4.78 is 62.3. The van der Waals surface area contributed by atoms with Crippen LogP contribution in [0.1, 0.15) is 49.0 Å². The largest absolute Gasteiger partial charge is 0.395 e. The summed E-state index contributed by atoms with van der Waals surface area (Å²) in [6.07, 6.45) is 2.11. The maximum Gasteiger partial charge on any atom is 0.324 e. The van der Waals surface area contributed by atoms with Crippen LogP contribution in [0.5, 0.6) is 0 Å². The Morgan fingerprint density at radius 2 is 2.32 bits per heavy atom. The summed E-state index contributed by atoms with van der Waals surface area (Å²) in [4.78, 5) is 37.9. The normalized spacial score (nSPS) is 22.6. The topological polar surface area (TPSA) is 134 Å². The number of hydrogen-bond donors (Lipinski definition) is 3. The number of nitrogens with one attached hydrogen (secondary N) is 1. The van der Waals surface area contributed by atoms with Crippen LogP contribution in [0.25, 0.3) is 10.6 Å². The summed E-state index contributed by atoms with van der Waals surface area (Å²) in [7, 11) is 0. The molecule has 0 radical (unpaired) electrons. The van der Waals surface area contributed by atoms with Crippen LogP contribution in [0.4, 0.5) is 9.93 Å². The highest BCUT2D eigenvalue weighted by Crippen LogP contribution is 2.33. The van der Waals surface area contributed by atoms with Crippen LogP contribution in [0.2, 0.25) is 0 Å². The van der Waals surface area contributed by atoms with Gasteiger partial charge in [0, 0.05) is 26.4 Å². The number of primary amides is 1. The molecule has 1 atom stereocenters. The molecule has 150 valence electrons. The number of anilines is 1. The quantitative estimate of drug-likeness (QED) is 0.684. The van der Waals surface area contributed by atoms with E-state index in [4.69, 9.17) is 16.7 Å². The van der Waals surface area contributed by atoms with Gasteiger partial charge in [0.1, 0.15) is 11.9 Å². The van der Waals surface area contributed by atoms with Gasteiger partial charge in [0.2, 0.25) is 5.91 Å². The summed E-state index contributed by atoms with van der Waals surface area (Å²) in [5.74, 6) is -1.56. The fraction of sp³-hybridized carbons (Fsp3) is 0.500. The van der Waals surface area contributed by atoms with Crippen molar-refractivity contribution in [2.24, 2.45) is 5.73 Å². The van der Waals surface area contributed by atoms with E-state index in [0.29, 0.717) is 30.0 Å². The number of nitrogens with zero attached hydrogens (tertiary/aromatic N) is 4. The number of aliphatic hydroxyl groups is 1. The molecule has 1 saturated heterocycles. The molecule has 2 aromatic rings. The second-order valence-corrected chi connectivity index (χ2v) is 7.24. The highest BCUT2D eigenvalue weighted by Gasteiger charge is 2.33. The van der Waals surface area contributed by atoms with Gasteiger partial charge in [-0.3, -0.25) is 10.1 Å². The molecule has 0 spiro atoms. The molecule has 1 fully saturated rings. The Labute approximate surface area is 178 Å². The van der Waals surface area contributed by atoms with E-state index in [1.165, 1.54) is 11.0 Å². The molecule has 1 aliphatic heterocycles. The Hall–Kier alpha value is -2.59. The maximum absolute atomic E-state index is 12.7. The van der Waals surface area contributed by atoms with E-state index >= 15 is 0 Å². The van der Waals surface area contributed by atoms with Crippen molar-refractivity contribution in [3.05, 3.63) is 23.8 Å². The van der Waals surface area contributed by atoms with E-state index in [0.717, 1.165) is 17.5 Å². The summed E-state index contributed by atoms with van der Waals surface area (Å²) in [5.41, 5.74) is 2.24. The lowest BCUT2D eigenvalue weighted by Crippen LogP contribution is -2.45. The fourth-order valence-corrected chi connectivity index (χ4v) is 3.80. The Morgan fingerprint density at radius 3 is 3.00 bits per heavy atom. The van der Waals surface area contributed by atoms with Gasteiger partial charge >= 0.3 is 6.03 Å². The summed E-state index contributed by atoms with van der Waals surface area (Å²) in [6, 6.07) is 0.00395. The van der Waals surface area contributed by atoms with Gasteiger partial charge in [0.15, 0.2) is 5.13 Å². The smallest absolute Gasteiger partial charge is 0.324 e. The molecule has 0 bridgehead atoms. The van der Waals surface area contributed by atoms with Gasteiger partial charge < -0.3 is 15.7 Å². The van der Waals surface area contributed by atoms with Gasteiger partial charge in [-0.05, 0) is 25.8 Å². The maximum atomic E-state index is 12.7. The third kappa shape index (κ3) is 3.97. The molecule has 3 rings (SSSR count). The van der Waals surface area contributed by atoms with Crippen molar-refractivity contribution in [1.29, 1.82) is 0 Å². The van der Waals surface area contributed by atoms with E-state index in [2.05, 4.69) is 20.3 Å². The van der Waals surface area contributed by atoms with E-state index in [1.54, 1.807) is 6.92 Å². The molecule has 1 aliphatic rings. The first-order valence-corrected chi connectivity index (χ1v) is 9.14. The first-order chi connectivity index (χ1) is 16.4. The van der Waals surface area contributed by atoms with Crippen molar-refractivity contribution >= 4 is 28.4 Å². The van der Waals surface area contributed by atoms with Crippen molar-refractivity contribution in [3.63, 3.8) is 0 Å². The Balaban J connectivity index is 2.02. The van der Waals surface area contributed by atoms with Crippen molar-refractivity contribution < 1.29 is 25.7 Å². The van der Waals surface area contributed by atoms with E-state index in [-0.39, 0.29) is 10.8 Å². The molecule has 3 heterocycles. The van der Waals surface area contributed by atoms with Crippen LogP contribution >= 0.6 is 11.3 Å². The number of aromatic nitrogens is 3. The van der Waals surface area contributed by atoms with Crippen LogP contribution in [0.15, 0.2) is 12.3 Å². The number of rotatable bonds is 5. The fourth-order valence-electron chi connectivity index (χ4n) is 2.87. The average Bonchev–Trinajstić information content (AvgIpc) is 3.32. The van der Waals surface area contributed by atoms with Gasteiger partial charge in [0.05, 0.1) is 25.6 Å². The van der Waals surface area contributed by atoms with E-state index in [1.807, 2.05) is 0 Å². The number of aryl methyl sites for hydroxylation is 1. The van der Waals surface area contributed by atoms with E-state index < -0.39 is 49.5 Å². The zero-order valence-electron chi connectivity index (χ0n) is 22.9. The number of amides is 3. The first kappa shape index (κ1) is 12.1. The van der Waals surface area contributed by atoms with Gasteiger partial charge in [-0.2, -0.15) is 0 Å². The highest BCUT2D eigenvalue weighted by atomic mass is 32.1. The second kappa shape index (κ2) is 7.80. The minimum absolute atomic E-state index is 0.00816. The average molecular weight is 413 g/mol. The summed E-state index contributed by atoms with van der Waals surface area (Å²) >= 11 is 0.937. The summed E-state index contributed by atoms with van der Waals surface area (Å²) in [5, 5.41) is 12.9. The van der Waals surface area contributed by atoms with Crippen molar-refractivity contribution in [2.45, 2.75) is 44.9 Å². The second-order valence-electron chi connectivity index (χ2n) is 6.24. The zero-order valence-corrected chi connectivity index (χ0v) is 15.7. The monoisotopic (exact) mass is 412 g/mol. The number of thiazole rings is 1. The van der Waals surface area contributed by atoms with Crippen molar-refractivity contribution in [3.8, 4) is 10.6 Å².